The molecule has 0 atom stereocenters. The summed E-state index contributed by atoms with van der Waals surface area (Å²) in [4.78, 5) is 51.0. The SMILES string of the molecule is CC(C)c1ccc(S(=O)(=O)Nc2ccc(Cl)cc2C(=O)c2cccc(Cl)c2)cc1.CCN(CC)c1ccc(S(=O)(=O)Nc2ccc(Cl)cc2C(=O)c2ccccc2)cc1.O=C(c1ccccc1)c1cc(Cl)ccc1NS(=O)(=O)c1ccc([N+](=O)[O-])cc1. The van der Waals surface area contributed by atoms with Crippen molar-refractivity contribution in [2.75, 3.05) is 32.2 Å². The predicted octanol–water partition coefficient (Wildman–Crippen LogP) is 15.6. The van der Waals surface area contributed by atoms with Crippen LogP contribution < -0.4 is 19.1 Å². The number of anilines is 4. The monoisotopic (exact) mass is 1310 g/mol. The average Bonchev–Trinajstić information content (AvgIpc) is 1.51. The summed E-state index contributed by atoms with van der Waals surface area (Å²) in [5.41, 5.74) is 3.71. The second-order valence-electron chi connectivity index (χ2n) is 19.3. The molecule has 0 heterocycles. The zero-order valence-corrected chi connectivity index (χ0v) is 52.3. The van der Waals surface area contributed by atoms with Gasteiger partial charge in [0.05, 0.1) is 36.7 Å². The maximum atomic E-state index is 13.0. The van der Waals surface area contributed by atoms with Gasteiger partial charge in [0.25, 0.3) is 35.8 Å². The molecule has 0 aliphatic carbocycles. The van der Waals surface area contributed by atoms with Gasteiger partial charge in [0, 0.05) is 84.4 Å². The van der Waals surface area contributed by atoms with Crippen molar-refractivity contribution < 1.29 is 44.6 Å². The molecule has 0 saturated carbocycles. The maximum absolute atomic E-state index is 13.0. The molecule has 0 radical (unpaired) electrons. The molecular weight excluding hydrogens is 1250 g/mol. The summed E-state index contributed by atoms with van der Waals surface area (Å²) in [5.74, 6) is -0.807. The zero-order valence-electron chi connectivity index (χ0n) is 46.8. The number of halogens is 4. The molecule has 0 unspecified atom stereocenters. The van der Waals surface area contributed by atoms with Crippen LogP contribution in [-0.4, -0.2) is 60.6 Å². The van der Waals surface area contributed by atoms with Gasteiger partial charge in [0.1, 0.15) is 0 Å². The van der Waals surface area contributed by atoms with Gasteiger partial charge in [0.15, 0.2) is 17.3 Å². The lowest BCUT2D eigenvalue weighted by Crippen LogP contribution is -2.22. The smallest absolute Gasteiger partial charge is 0.269 e. The highest BCUT2D eigenvalue weighted by Crippen LogP contribution is 2.31. The Kier molecular flexibility index (Phi) is 22.3. The molecule has 16 nitrogen and oxygen atoms in total. The Morgan fingerprint density at radius 1 is 0.437 bits per heavy atom. The molecule has 0 aliphatic heterocycles. The Morgan fingerprint density at radius 3 is 1.11 bits per heavy atom. The first kappa shape index (κ1) is 66.1. The van der Waals surface area contributed by atoms with E-state index in [0.717, 1.165) is 48.6 Å². The lowest BCUT2D eigenvalue weighted by atomic mass is 10.0. The van der Waals surface area contributed by atoms with E-state index in [1.807, 2.05) is 27.7 Å². The lowest BCUT2D eigenvalue weighted by Gasteiger charge is -2.21. The molecule has 87 heavy (non-hydrogen) atoms. The summed E-state index contributed by atoms with van der Waals surface area (Å²) in [6.45, 7) is 9.81. The molecule has 0 saturated heterocycles. The number of hydrogen-bond acceptors (Lipinski definition) is 12. The first-order valence-corrected chi connectivity index (χ1v) is 32.4. The minimum atomic E-state index is -4.07. The van der Waals surface area contributed by atoms with Crippen molar-refractivity contribution in [1.29, 1.82) is 0 Å². The molecule has 448 valence electrons. The molecule has 0 amide bonds. The van der Waals surface area contributed by atoms with Gasteiger partial charge in [-0.3, -0.25) is 38.7 Å². The van der Waals surface area contributed by atoms with E-state index < -0.39 is 40.8 Å². The first-order valence-electron chi connectivity index (χ1n) is 26.5. The van der Waals surface area contributed by atoms with Gasteiger partial charge in [-0.2, -0.15) is 0 Å². The fourth-order valence-electron chi connectivity index (χ4n) is 8.47. The van der Waals surface area contributed by atoms with Crippen molar-refractivity contribution in [3.63, 3.8) is 0 Å². The fraction of sp³-hybridized carbons (Fsp3) is 0.109. The number of nitrogens with one attached hydrogen (secondary N) is 3. The quantitative estimate of drug-likeness (QED) is 0.0367. The van der Waals surface area contributed by atoms with Crippen molar-refractivity contribution in [3.05, 3.63) is 281 Å². The van der Waals surface area contributed by atoms with Crippen LogP contribution in [0.4, 0.5) is 28.4 Å². The second-order valence-corrected chi connectivity index (χ2v) is 26.0. The molecule has 0 spiro atoms. The highest BCUT2D eigenvalue weighted by molar-refractivity contribution is 7.93. The average molecular weight is 1310 g/mol. The maximum Gasteiger partial charge on any atom is 0.269 e. The van der Waals surface area contributed by atoms with Gasteiger partial charge >= 0.3 is 0 Å². The van der Waals surface area contributed by atoms with Crippen molar-refractivity contribution in [2.24, 2.45) is 0 Å². The van der Waals surface area contributed by atoms with E-state index in [0.29, 0.717) is 31.8 Å². The molecule has 0 fully saturated rings. The molecule has 23 heteroatoms. The Labute approximate surface area is 525 Å². The number of rotatable bonds is 20. The number of nitro benzene ring substituents is 1. The summed E-state index contributed by atoms with van der Waals surface area (Å²) in [6.07, 6.45) is 0. The third-order valence-electron chi connectivity index (χ3n) is 13.1. The van der Waals surface area contributed by atoms with Crippen LogP contribution in [0.15, 0.2) is 227 Å². The van der Waals surface area contributed by atoms with Gasteiger partial charge < -0.3 is 4.90 Å². The third-order valence-corrected chi connectivity index (χ3v) is 18.1. The van der Waals surface area contributed by atoms with E-state index in [4.69, 9.17) is 46.4 Å². The van der Waals surface area contributed by atoms with Gasteiger partial charge in [0.2, 0.25) is 0 Å². The van der Waals surface area contributed by atoms with E-state index in [1.165, 1.54) is 54.6 Å². The van der Waals surface area contributed by atoms with Crippen LogP contribution in [0.3, 0.4) is 0 Å². The molecule has 9 aromatic carbocycles. The number of carbonyl (C=O) groups is 3. The lowest BCUT2D eigenvalue weighted by molar-refractivity contribution is -0.384. The standard InChI is InChI=1S/C23H23ClN2O3S.C22H19Cl2NO3S.C19H13ClN2O5S/c1-3-26(4-2)19-11-13-20(14-12-19)30(28,29)25-22-15-10-18(24)16-21(22)23(27)17-8-6-5-7-9-17;1-14(2)15-6-9-19(10-7-15)29(27,28)25-21-11-8-18(24)13-20(21)22(26)16-4-3-5-17(23)12-16;20-14-6-11-18(17(12-14)19(23)13-4-2-1-3-5-13)21-28(26,27)16-9-7-15(8-10-16)22(24)25/h5-16,25H,3-4H2,1-2H3;3-14,25H,1-2H3;1-12,21H. The molecule has 9 aromatic rings. The van der Waals surface area contributed by atoms with Gasteiger partial charge in [-0.15, -0.1) is 0 Å². The van der Waals surface area contributed by atoms with E-state index in [1.54, 1.807) is 133 Å². The van der Waals surface area contributed by atoms with E-state index in [9.17, 15) is 49.8 Å². The molecule has 9 rings (SSSR count). The number of non-ortho nitro benzene ring substituents is 1. The van der Waals surface area contributed by atoms with E-state index in [2.05, 4.69) is 19.1 Å². The molecule has 0 bridgehead atoms. The minimum Gasteiger partial charge on any atom is -0.372 e. The topological polar surface area (TPSA) is 236 Å². The Hall–Kier alpha value is -8.40. The number of hydrogen-bond donors (Lipinski definition) is 3. The summed E-state index contributed by atoms with van der Waals surface area (Å²) >= 11 is 24.1. The number of nitrogens with zero attached hydrogens (tertiary/aromatic N) is 2. The van der Waals surface area contributed by atoms with Crippen molar-refractivity contribution in [3.8, 4) is 0 Å². The number of nitro groups is 1. The summed E-state index contributed by atoms with van der Waals surface area (Å²) in [7, 11) is -11.8. The van der Waals surface area contributed by atoms with E-state index >= 15 is 0 Å². The minimum absolute atomic E-state index is 0.0524. The number of carbonyl (C=O) groups excluding carboxylic acids is 3. The van der Waals surface area contributed by atoms with Crippen LogP contribution in [0.1, 0.15) is 86.9 Å². The van der Waals surface area contributed by atoms with Gasteiger partial charge in [-0.1, -0.05) is 145 Å². The number of sulfonamides is 3. The number of benzene rings is 9. The third kappa shape index (κ3) is 17.4. The first-order chi connectivity index (χ1) is 41.3. The molecular formula is C64H55Cl4N5O11S3. The summed E-state index contributed by atoms with van der Waals surface area (Å²) in [5, 5.41) is 12.1. The van der Waals surface area contributed by atoms with Crippen molar-refractivity contribution in [1.82, 2.24) is 0 Å². The Morgan fingerprint density at radius 2 is 0.770 bits per heavy atom. The van der Waals surface area contributed by atoms with Crippen LogP contribution in [0.2, 0.25) is 20.1 Å². The highest BCUT2D eigenvalue weighted by Gasteiger charge is 2.24. The number of ketones is 3. The van der Waals surface area contributed by atoms with Gasteiger partial charge in [-0.25, -0.2) is 25.3 Å². The fourth-order valence-corrected chi connectivity index (χ4v) is 12.4. The molecule has 0 aromatic heterocycles. The van der Waals surface area contributed by atoms with E-state index in [-0.39, 0.29) is 76.6 Å². The van der Waals surface area contributed by atoms with Crippen LogP contribution in [0, 0.1) is 10.1 Å². The van der Waals surface area contributed by atoms with Crippen LogP contribution in [0.5, 0.6) is 0 Å². The summed E-state index contributed by atoms with van der Waals surface area (Å²) in [6, 6.07) is 54.4. The zero-order chi connectivity index (χ0) is 63.2. The normalized spacial score (nSPS) is 11.2. The van der Waals surface area contributed by atoms with Gasteiger partial charge in [-0.05, 0) is 141 Å². The molecule has 0 aliphatic rings. The summed E-state index contributed by atoms with van der Waals surface area (Å²) < 4.78 is 84.3. The predicted molar refractivity (Wildman–Crippen MR) is 345 cm³/mol. The Balaban J connectivity index is 0.000000187. The molecule has 3 N–H and O–H groups in total. The van der Waals surface area contributed by atoms with Crippen LogP contribution in [-0.2, 0) is 30.1 Å². The van der Waals surface area contributed by atoms with Crippen molar-refractivity contribution >= 4 is 122 Å². The van der Waals surface area contributed by atoms with Crippen LogP contribution >= 0.6 is 46.4 Å². The largest absolute Gasteiger partial charge is 0.372 e. The highest BCUT2D eigenvalue weighted by atomic mass is 35.5. The van der Waals surface area contributed by atoms with Crippen LogP contribution in [0.25, 0.3) is 0 Å². The second kappa shape index (κ2) is 29.3. The van der Waals surface area contributed by atoms with Crippen molar-refractivity contribution in [2.45, 2.75) is 48.3 Å². The Bertz CT molecular complexity index is 4320.